The number of aliphatic hydroxyl groups is 3. The van der Waals surface area contributed by atoms with Gasteiger partial charge < -0.3 is 44.0 Å². The van der Waals surface area contributed by atoms with E-state index in [4.69, 9.17) is 9.47 Å². The van der Waals surface area contributed by atoms with Crippen LogP contribution < -0.4 is 0 Å². The van der Waals surface area contributed by atoms with Gasteiger partial charge in [0.2, 0.25) is 0 Å². The van der Waals surface area contributed by atoms with E-state index in [1.165, 1.54) is 0 Å². The molecule has 0 saturated carbocycles. The Kier molecular flexibility index (Phi) is 15.8. The molecular formula is C26H35BrO14. The van der Waals surface area contributed by atoms with Gasteiger partial charge >= 0.3 is 11.9 Å². The molecule has 0 unspecified atom stereocenters. The Morgan fingerprint density at radius 3 is 1.34 bits per heavy atom. The first-order valence-electron chi connectivity index (χ1n) is 12.5. The van der Waals surface area contributed by atoms with Crippen molar-refractivity contribution in [2.24, 2.45) is 0 Å². The summed E-state index contributed by atoms with van der Waals surface area (Å²) in [5, 5.41) is 31.3. The average Bonchev–Trinajstić information content (AvgIpc) is 2.88. The van der Waals surface area contributed by atoms with Gasteiger partial charge in [0.15, 0.2) is 11.6 Å². The number of Topliss-reactive ketones (excluding diaryl/α,β-unsaturated/α-hetero) is 6. The lowest BCUT2D eigenvalue weighted by Crippen LogP contribution is -2.76. The van der Waals surface area contributed by atoms with E-state index >= 15 is 0 Å². The lowest BCUT2D eigenvalue weighted by atomic mass is 9.69. The van der Waals surface area contributed by atoms with Crippen molar-refractivity contribution in [1.29, 1.82) is 0 Å². The van der Waals surface area contributed by atoms with Crippen LogP contribution in [0, 0.1) is 0 Å². The van der Waals surface area contributed by atoms with Crippen molar-refractivity contribution in [2.45, 2.75) is 102 Å². The van der Waals surface area contributed by atoms with E-state index in [9.17, 15) is 58.5 Å². The van der Waals surface area contributed by atoms with Crippen LogP contribution in [0.3, 0.4) is 0 Å². The van der Waals surface area contributed by atoms with Gasteiger partial charge in [-0.25, -0.2) is 0 Å². The highest BCUT2D eigenvalue weighted by atomic mass is 79.9. The Bertz CT molecular complexity index is 1070. The molecule has 0 aromatic heterocycles. The molecule has 0 aliphatic carbocycles. The topological polar surface area (TPSA) is 233 Å². The molecular weight excluding hydrogens is 616 g/mol. The standard InChI is InChI=1S/C26H35BrO14/c1-14(29)5-9-19(34)25(23(38)18(33)13-28,40-21(36)11-7-16(3)31)26(24(27)39,20(35)10-6-15(2)30)41-22(37)12-8-17(4)32/h18,23,28,33,38H,5-13H2,1-4H3/t18-,23-,25+,26+/m1/s1. The van der Waals surface area contributed by atoms with Crippen molar-refractivity contribution in [2.75, 3.05) is 6.61 Å². The fourth-order valence-electron chi connectivity index (χ4n) is 3.71. The molecule has 3 N–H and O–H groups in total. The van der Waals surface area contributed by atoms with Crippen LogP contribution in [0.5, 0.6) is 0 Å². The second kappa shape index (κ2) is 17.1. The van der Waals surface area contributed by atoms with Gasteiger partial charge in [-0.15, -0.1) is 0 Å². The largest absolute Gasteiger partial charge is 0.443 e. The molecule has 0 rings (SSSR count). The molecule has 4 atom stereocenters. The molecule has 0 aromatic rings. The number of halogens is 1. The van der Waals surface area contributed by atoms with E-state index in [1.807, 2.05) is 0 Å². The summed E-state index contributed by atoms with van der Waals surface area (Å²) in [6, 6.07) is 0. The molecule has 0 saturated heterocycles. The molecule has 0 fully saturated rings. The van der Waals surface area contributed by atoms with Gasteiger partial charge in [0, 0.05) is 38.5 Å². The summed E-state index contributed by atoms with van der Waals surface area (Å²) in [6.07, 6.45) is -10.8. The Balaban J connectivity index is 7.77. The third kappa shape index (κ3) is 10.4. The zero-order valence-corrected chi connectivity index (χ0v) is 24.8. The molecule has 230 valence electrons. The summed E-state index contributed by atoms with van der Waals surface area (Å²) in [4.78, 5) is 113. The minimum absolute atomic E-state index is 0.460. The van der Waals surface area contributed by atoms with Gasteiger partial charge in [-0.3, -0.25) is 24.0 Å². The predicted molar refractivity (Wildman–Crippen MR) is 140 cm³/mol. The summed E-state index contributed by atoms with van der Waals surface area (Å²) in [7, 11) is 0. The van der Waals surface area contributed by atoms with Crippen LogP contribution in [-0.4, -0.2) is 96.7 Å². The first-order chi connectivity index (χ1) is 18.9. The molecule has 0 radical (unpaired) electrons. The summed E-state index contributed by atoms with van der Waals surface area (Å²) in [5.41, 5.74) is -7.27. The minimum atomic E-state index is -3.64. The highest BCUT2D eigenvalue weighted by Crippen LogP contribution is 2.42. The summed E-state index contributed by atoms with van der Waals surface area (Å²) >= 11 is 2.48. The van der Waals surface area contributed by atoms with Gasteiger partial charge in [0.25, 0.3) is 15.9 Å². The summed E-state index contributed by atoms with van der Waals surface area (Å²) in [5.74, 6) is -8.27. The number of hydrogen-bond donors (Lipinski definition) is 3. The summed E-state index contributed by atoms with van der Waals surface area (Å²) in [6.45, 7) is 3.02. The molecule has 41 heavy (non-hydrogen) atoms. The third-order valence-electron chi connectivity index (χ3n) is 5.89. The van der Waals surface area contributed by atoms with E-state index in [1.54, 1.807) is 0 Å². The SMILES string of the molecule is CC(=O)CCC(=O)O[C@](C(=O)Br)(C(=O)CCC(C)=O)[C@](OC(=O)CCC(C)=O)(C(=O)CCC(C)=O)[C@H](O)[C@H](O)CO. The molecule has 0 amide bonds. The number of esters is 2. The Morgan fingerprint density at radius 2 is 0.976 bits per heavy atom. The van der Waals surface area contributed by atoms with E-state index in [0.717, 1.165) is 27.7 Å². The van der Waals surface area contributed by atoms with Crippen LogP contribution in [0.2, 0.25) is 0 Å². The van der Waals surface area contributed by atoms with Crippen LogP contribution in [-0.2, 0) is 52.6 Å². The van der Waals surface area contributed by atoms with Crippen molar-refractivity contribution >= 4 is 67.3 Å². The molecule has 0 aromatic carbocycles. The zero-order chi connectivity index (χ0) is 32.1. The number of ether oxygens (including phenoxy) is 2. The highest BCUT2D eigenvalue weighted by Gasteiger charge is 2.73. The molecule has 0 spiro atoms. The molecule has 0 aliphatic rings. The summed E-state index contributed by atoms with van der Waals surface area (Å²) < 4.78 is 8.83. The van der Waals surface area contributed by atoms with Crippen molar-refractivity contribution in [1.82, 2.24) is 0 Å². The van der Waals surface area contributed by atoms with Gasteiger partial charge in [0.1, 0.15) is 35.3 Å². The Hall–Kier alpha value is -3.01. The van der Waals surface area contributed by atoms with Crippen LogP contribution in [0.1, 0.15) is 79.1 Å². The van der Waals surface area contributed by atoms with Crippen LogP contribution in [0.4, 0.5) is 0 Å². The van der Waals surface area contributed by atoms with E-state index in [0.29, 0.717) is 0 Å². The first-order valence-corrected chi connectivity index (χ1v) is 13.3. The smallest absolute Gasteiger partial charge is 0.307 e. The molecule has 0 bridgehead atoms. The normalized spacial score (nSPS) is 15.3. The number of carbonyl (C=O) groups excluding carboxylic acids is 9. The van der Waals surface area contributed by atoms with Crippen molar-refractivity contribution in [3.8, 4) is 0 Å². The lowest BCUT2D eigenvalue weighted by Gasteiger charge is -2.47. The number of ketones is 6. The minimum Gasteiger partial charge on any atom is -0.443 e. The van der Waals surface area contributed by atoms with E-state index in [-0.39, 0.29) is 0 Å². The number of rotatable bonds is 21. The van der Waals surface area contributed by atoms with E-state index in [2.05, 4.69) is 15.9 Å². The predicted octanol–water partition coefficient (Wildman–Crippen LogP) is -0.199. The number of aliphatic hydroxyl groups excluding tert-OH is 3. The Morgan fingerprint density at radius 1 is 0.610 bits per heavy atom. The van der Waals surface area contributed by atoms with Gasteiger partial charge in [-0.2, -0.15) is 0 Å². The van der Waals surface area contributed by atoms with Crippen molar-refractivity contribution in [3.63, 3.8) is 0 Å². The molecule has 0 aliphatic heterocycles. The molecule has 15 heteroatoms. The van der Waals surface area contributed by atoms with Crippen LogP contribution in [0.25, 0.3) is 0 Å². The van der Waals surface area contributed by atoms with Gasteiger partial charge in [-0.05, 0) is 43.6 Å². The van der Waals surface area contributed by atoms with Crippen molar-refractivity contribution in [3.05, 3.63) is 0 Å². The van der Waals surface area contributed by atoms with Crippen molar-refractivity contribution < 1.29 is 67.9 Å². The van der Waals surface area contributed by atoms with Crippen LogP contribution >= 0.6 is 15.9 Å². The Labute approximate surface area is 244 Å². The van der Waals surface area contributed by atoms with Crippen LogP contribution in [0.15, 0.2) is 0 Å². The highest BCUT2D eigenvalue weighted by molar-refractivity contribution is 9.18. The fraction of sp³-hybridized carbons (Fsp3) is 0.654. The maximum absolute atomic E-state index is 13.9. The molecule has 14 nitrogen and oxygen atoms in total. The lowest BCUT2D eigenvalue weighted by molar-refractivity contribution is -0.237. The second-order valence-corrected chi connectivity index (χ2v) is 10.2. The maximum Gasteiger partial charge on any atom is 0.307 e. The number of carbonyl (C=O) groups is 9. The van der Waals surface area contributed by atoms with Gasteiger partial charge in [0.05, 0.1) is 19.4 Å². The third-order valence-corrected chi connectivity index (χ3v) is 6.45. The van der Waals surface area contributed by atoms with Gasteiger partial charge in [-0.1, -0.05) is 0 Å². The molecule has 0 heterocycles. The number of hydrogen-bond acceptors (Lipinski definition) is 14. The fourth-order valence-corrected chi connectivity index (χ4v) is 4.31. The van der Waals surface area contributed by atoms with E-state index < -0.39 is 133 Å². The average molecular weight is 651 g/mol. The first kappa shape index (κ1) is 38.0. The quantitative estimate of drug-likeness (QED) is 0.0829. The maximum atomic E-state index is 13.9. The zero-order valence-electron chi connectivity index (χ0n) is 23.2. The second-order valence-electron chi connectivity index (χ2n) is 9.49. The monoisotopic (exact) mass is 650 g/mol.